The first-order chi connectivity index (χ1) is 15.1. The van der Waals surface area contributed by atoms with Crippen molar-refractivity contribution in [3.63, 3.8) is 0 Å². The molecular formula is C21H18F3N3O4S. The van der Waals surface area contributed by atoms with Crippen molar-refractivity contribution in [2.24, 2.45) is 0 Å². The number of carbonyl (C=O) groups excluding carboxylic acids is 1. The predicted molar refractivity (Wildman–Crippen MR) is 111 cm³/mol. The zero-order chi connectivity index (χ0) is 23.2. The lowest BCUT2D eigenvalue weighted by molar-refractivity contribution is -0.274. The van der Waals surface area contributed by atoms with E-state index >= 15 is 0 Å². The number of nitrogens with zero attached hydrogens (tertiary/aromatic N) is 1. The number of aromatic nitrogens is 1. The van der Waals surface area contributed by atoms with Gasteiger partial charge in [-0.05, 0) is 53.6 Å². The predicted octanol–water partition coefficient (Wildman–Crippen LogP) is 4.28. The fourth-order valence-corrected chi connectivity index (χ4v) is 4.04. The Bertz CT molecular complexity index is 1150. The van der Waals surface area contributed by atoms with E-state index in [1.807, 2.05) is 6.07 Å². The quantitative estimate of drug-likeness (QED) is 0.543. The van der Waals surface area contributed by atoms with Crippen LogP contribution in [0.25, 0.3) is 0 Å². The molecule has 168 valence electrons. The van der Waals surface area contributed by atoms with E-state index in [9.17, 15) is 26.4 Å². The fraction of sp³-hybridized carbons (Fsp3) is 0.143. The number of alkyl halides is 3. The lowest BCUT2D eigenvalue weighted by Crippen LogP contribution is -2.28. The number of hydrogen-bond acceptors (Lipinski definition) is 5. The average molecular weight is 465 g/mol. The van der Waals surface area contributed by atoms with Crippen LogP contribution in [0.5, 0.6) is 5.75 Å². The summed E-state index contributed by atoms with van der Waals surface area (Å²) >= 11 is 0. The van der Waals surface area contributed by atoms with E-state index in [4.69, 9.17) is 0 Å². The number of nitrogens with one attached hydrogen (secondary N) is 2. The summed E-state index contributed by atoms with van der Waals surface area (Å²) in [6.45, 7) is 0.277. The van der Waals surface area contributed by atoms with Gasteiger partial charge in [0.25, 0.3) is 0 Å². The molecule has 32 heavy (non-hydrogen) atoms. The van der Waals surface area contributed by atoms with Crippen molar-refractivity contribution < 1.29 is 31.1 Å². The molecule has 0 aliphatic carbocycles. The summed E-state index contributed by atoms with van der Waals surface area (Å²) in [5, 5.41) is 5.25. The van der Waals surface area contributed by atoms with Crippen LogP contribution in [0.4, 0.5) is 23.7 Å². The van der Waals surface area contributed by atoms with Gasteiger partial charge in [0, 0.05) is 24.6 Å². The van der Waals surface area contributed by atoms with Crippen LogP contribution >= 0.6 is 0 Å². The van der Waals surface area contributed by atoms with Gasteiger partial charge in [-0.2, -0.15) is 0 Å². The number of carbonyl (C=O) groups is 1. The zero-order valence-corrected chi connectivity index (χ0v) is 17.3. The van der Waals surface area contributed by atoms with E-state index in [1.165, 1.54) is 36.4 Å². The van der Waals surface area contributed by atoms with E-state index in [2.05, 4.69) is 20.4 Å². The number of halogens is 3. The Morgan fingerprint density at radius 1 is 0.969 bits per heavy atom. The first-order valence-electron chi connectivity index (χ1n) is 9.22. The molecule has 1 aromatic heterocycles. The lowest BCUT2D eigenvalue weighted by Gasteiger charge is -2.10. The number of benzene rings is 2. The van der Waals surface area contributed by atoms with Gasteiger partial charge < -0.3 is 15.4 Å². The number of rotatable bonds is 7. The van der Waals surface area contributed by atoms with Crippen LogP contribution in [0.2, 0.25) is 0 Å². The topological polar surface area (TPSA) is 97.4 Å². The molecule has 0 saturated heterocycles. The molecular weight excluding hydrogens is 447 g/mol. The highest BCUT2D eigenvalue weighted by atomic mass is 32.2. The van der Waals surface area contributed by atoms with Crippen molar-refractivity contribution in [2.45, 2.75) is 23.6 Å². The molecule has 1 heterocycles. The van der Waals surface area contributed by atoms with Crippen LogP contribution in [0.1, 0.15) is 11.1 Å². The Morgan fingerprint density at radius 2 is 1.66 bits per heavy atom. The molecule has 0 atom stereocenters. The van der Waals surface area contributed by atoms with Crippen LogP contribution < -0.4 is 15.4 Å². The van der Waals surface area contributed by atoms with E-state index < -0.39 is 33.7 Å². The number of amides is 2. The van der Waals surface area contributed by atoms with E-state index in [0.29, 0.717) is 11.3 Å². The minimum atomic E-state index is -4.82. The Morgan fingerprint density at radius 3 is 2.25 bits per heavy atom. The lowest BCUT2D eigenvalue weighted by atomic mass is 10.2. The van der Waals surface area contributed by atoms with E-state index in [0.717, 1.165) is 17.7 Å². The molecule has 11 heteroatoms. The summed E-state index contributed by atoms with van der Waals surface area (Å²) in [6, 6.07) is 13.3. The van der Waals surface area contributed by atoms with Gasteiger partial charge >= 0.3 is 12.4 Å². The molecule has 0 aliphatic heterocycles. The third-order valence-corrected chi connectivity index (χ3v) is 5.86. The summed E-state index contributed by atoms with van der Waals surface area (Å²) < 4.78 is 65.6. The maximum absolute atomic E-state index is 12.6. The minimum Gasteiger partial charge on any atom is -0.406 e. The highest BCUT2D eigenvalue weighted by molar-refractivity contribution is 7.90. The van der Waals surface area contributed by atoms with Gasteiger partial charge in [0.15, 0.2) is 9.84 Å². The molecule has 0 aliphatic rings. The molecule has 7 nitrogen and oxygen atoms in total. The van der Waals surface area contributed by atoms with Crippen molar-refractivity contribution in [1.82, 2.24) is 10.3 Å². The van der Waals surface area contributed by atoms with Gasteiger partial charge in [-0.3, -0.25) is 4.98 Å². The fourth-order valence-electron chi connectivity index (χ4n) is 2.70. The molecule has 2 aromatic carbocycles. The van der Waals surface area contributed by atoms with Crippen LogP contribution in [-0.4, -0.2) is 25.8 Å². The van der Waals surface area contributed by atoms with E-state index in [-0.39, 0.29) is 11.4 Å². The first-order valence-corrected chi connectivity index (χ1v) is 10.9. The summed E-state index contributed by atoms with van der Waals surface area (Å²) in [5.74, 6) is -0.839. The normalized spacial score (nSPS) is 11.6. The number of anilines is 1. The minimum absolute atomic E-state index is 0.00874. The molecule has 2 N–H and O–H groups in total. The van der Waals surface area contributed by atoms with Crippen LogP contribution in [0.15, 0.2) is 78.0 Å². The van der Waals surface area contributed by atoms with Crippen LogP contribution in [-0.2, 0) is 22.1 Å². The second-order valence-electron chi connectivity index (χ2n) is 6.64. The zero-order valence-electron chi connectivity index (χ0n) is 16.5. The third kappa shape index (κ3) is 6.98. The van der Waals surface area contributed by atoms with Crippen molar-refractivity contribution in [1.29, 1.82) is 0 Å². The molecule has 3 rings (SSSR count). The number of pyridine rings is 1. The van der Waals surface area contributed by atoms with Crippen LogP contribution in [0, 0.1) is 0 Å². The van der Waals surface area contributed by atoms with Crippen molar-refractivity contribution >= 4 is 21.6 Å². The summed E-state index contributed by atoms with van der Waals surface area (Å²) in [5.41, 5.74) is 1.51. The molecule has 0 unspecified atom stereocenters. The smallest absolute Gasteiger partial charge is 0.406 e. The molecule has 0 bridgehead atoms. The number of urea groups is 1. The van der Waals surface area contributed by atoms with Crippen molar-refractivity contribution in [3.8, 4) is 5.75 Å². The van der Waals surface area contributed by atoms with Gasteiger partial charge in [0.2, 0.25) is 0 Å². The van der Waals surface area contributed by atoms with Gasteiger partial charge in [0.1, 0.15) is 5.75 Å². The second-order valence-corrected chi connectivity index (χ2v) is 8.63. The van der Waals surface area contributed by atoms with Crippen LogP contribution in [0.3, 0.4) is 0 Å². The monoisotopic (exact) mass is 465 g/mol. The van der Waals surface area contributed by atoms with Crippen molar-refractivity contribution in [2.75, 3.05) is 5.32 Å². The Balaban J connectivity index is 1.57. The molecule has 3 aromatic rings. The maximum Gasteiger partial charge on any atom is 0.573 e. The SMILES string of the molecule is O=C(NCc1cccnc1)Nc1ccc(S(=O)(=O)Cc2ccc(OC(F)(F)F)cc2)cc1. The van der Waals surface area contributed by atoms with Gasteiger partial charge in [-0.15, -0.1) is 13.2 Å². The standard InChI is InChI=1S/C21H18F3N3O4S/c22-21(23,24)31-18-7-3-15(4-8-18)14-32(29,30)19-9-5-17(6-10-19)27-20(28)26-13-16-2-1-11-25-12-16/h1-12H,13-14H2,(H2,26,27,28). The summed E-state index contributed by atoms with van der Waals surface area (Å²) in [4.78, 5) is 15.9. The molecule has 2 amide bonds. The molecule has 0 radical (unpaired) electrons. The second kappa shape index (κ2) is 9.69. The molecule has 0 fully saturated rings. The molecule has 0 saturated carbocycles. The summed E-state index contributed by atoms with van der Waals surface area (Å²) in [6.07, 6.45) is -1.58. The highest BCUT2D eigenvalue weighted by Gasteiger charge is 2.31. The highest BCUT2D eigenvalue weighted by Crippen LogP contribution is 2.24. The number of ether oxygens (including phenoxy) is 1. The van der Waals surface area contributed by atoms with Gasteiger partial charge in [-0.1, -0.05) is 18.2 Å². The van der Waals surface area contributed by atoms with Gasteiger partial charge in [-0.25, -0.2) is 13.2 Å². The Labute approximate surface area is 182 Å². The summed E-state index contributed by atoms with van der Waals surface area (Å²) in [7, 11) is -3.75. The molecule has 0 spiro atoms. The van der Waals surface area contributed by atoms with Gasteiger partial charge in [0.05, 0.1) is 10.6 Å². The number of hydrogen-bond donors (Lipinski definition) is 2. The maximum atomic E-state index is 12.6. The number of sulfone groups is 1. The Hall–Kier alpha value is -3.60. The Kier molecular flexibility index (Phi) is 6.98. The average Bonchev–Trinajstić information content (AvgIpc) is 2.74. The third-order valence-electron chi connectivity index (χ3n) is 4.16. The largest absolute Gasteiger partial charge is 0.573 e. The van der Waals surface area contributed by atoms with Crippen molar-refractivity contribution in [3.05, 3.63) is 84.2 Å². The first kappa shape index (κ1) is 23.1. The van der Waals surface area contributed by atoms with E-state index in [1.54, 1.807) is 18.5 Å².